The van der Waals surface area contributed by atoms with Crippen LogP contribution in [-0.4, -0.2) is 18.1 Å². The van der Waals surface area contributed by atoms with Gasteiger partial charge in [-0.05, 0) is 17.4 Å². The van der Waals surface area contributed by atoms with Crippen molar-refractivity contribution >= 4 is 11.8 Å². The summed E-state index contributed by atoms with van der Waals surface area (Å²) in [6.45, 7) is 6.16. The fourth-order valence-electron chi connectivity index (χ4n) is 1.58. The summed E-state index contributed by atoms with van der Waals surface area (Å²) >= 11 is 1.80. The van der Waals surface area contributed by atoms with Crippen molar-refractivity contribution in [1.29, 1.82) is 0 Å². The number of hydrazine groups is 1. The predicted octanol–water partition coefficient (Wildman–Crippen LogP) is 1.69. The molecule has 2 aliphatic rings. The van der Waals surface area contributed by atoms with Crippen molar-refractivity contribution in [2.24, 2.45) is 0 Å². The quantitative estimate of drug-likeness (QED) is 0.592. The molecule has 2 rings (SSSR count). The average Bonchev–Trinajstić information content (AvgIpc) is 2.38. The highest BCUT2D eigenvalue weighted by Gasteiger charge is 2.31. The molecular weight excluding hydrogens is 156 g/mol. The highest BCUT2D eigenvalue weighted by Crippen LogP contribution is 2.44. The van der Waals surface area contributed by atoms with E-state index in [9.17, 15) is 0 Å². The van der Waals surface area contributed by atoms with Crippen molar-refractivity contribution < 1.29 is 0 Å². The van der Waals surface area contributed by atoms with E-state index >= 15 is 0 Å². The molecule has 0 aliphatic carbocycles. The van der Waals surface area contributed by atoms with Gasteiger partial charge >= 0.3 is 0 Å². The Balaban J connectivity index is 2.29. The number of rotatable bonds is 0. The van der Waals surface area contributed by atoms with Gasteiger partial charge in [0.15, 0.2) is 0 Å². The largest absolute Gasteiger partial charge is 0.304 e. The van der Waals surface area contributed by atoms with Gasteiger partial charge in [0.05, 0.1) is 5.03 Å². The Kier molecular flexibility index (Phi) is 1.51. The van der Waals surface area contributed by atoms with Gasteiger partial charge in [0, 0.05) is 19.5 Å². The first-order valence-corrected chi connectivity index (χ1v) is 4.58. The minimum Gasteiger partial charge on any atom is -0.304 e. The number of allylic oxidation sites excluding steroid dienone is 1. The Labute approximate surface area is 71.3 Å². The lowest BCUT2D eigenvalue weighted by Crippen LogP contribution is -2.32. The van der Waals surface area contributed by atoms with Gasteiger partial charge in [-0.2, -0.15) is 0 Å². The van der Waals surface area contributed by atoms with E-state index in [1.807, 2.05) is 0 Å². The number of hydrogen-bond donors (Lipinski definition) is 1. The topological polar surface area (TPSA) is 15.3 Å². The van der Waals surface area contributed by atoms with E-state index in [-0.39, 0.29) is 0 Å². The van der Waals surface area contributed by atoms with Crippen LogP contribution in [0.1, 0.15) is 13.3 Å². The maximum atomic E-state index is 3.97. The van der Waals surface area contributed by atoms with Crippen molar-refractivity contribution in [3.63, 3.8) is 0 Å². The summed E-state index contributed by atoms with van der Waals surface area (Å²) in [5.41, 5.74) is 4.84. The first kappa shape index (κ1) is 7.25. The van der Waals surface area contributed by atoms with Gasteiger partial charge in [-0.25, -0.2) is 5.43 Å². The van der Waals surface area contributed by atoms with Crippen LogP contribution in [0.15, 0.2) is 22.1 Å². The van der Waals surface area contributed by atoms with Crippen molar-refractivity contribution in [2.45, 2.75) is 19.4 Å². The van der Waals surface area contributed by atoms with Gasteiger partial charge < -0.3 is 5.01 Å². The van der Waals surface area contributed by atoms with Gasteiger partial charge in [0.25, 0.3) is 0 Å². The van der Waals surface area contributed by atoms with Crippen LogP contribution >= 0.6 is 11.8 Å². The lowest BCUT2D eigenvalue weighted by atomic mass is 10.1. The second-order valence-electron chi connectivity index (χ2n) is 3.06. The molecule has 0 spiro atoms. The summed E-state index contributed by atoms with van der Waals surface area (Å²) in [4.78, 5) is 1.27. The molecule has 1 N–H and O–H groups in total. The molecule has 0 bridgehead atoms. The first-order valence-electron chi connectivity index (χ1n) is 3.77. The van der Waals surface area contributed by atoms with Gasteiger partial charge in [-0.3, -0.25) is 0 Å². The molecular formula is C8H12N2S. The molecule has 0 fully saturated rings. The van der Waals surface area contributed by atoms with E-state index in [0.29, 0.717) is 6.04 Å². The lowest BCUT2D eigenvalue weighted by molar-refractivity contribution is 0.330. The molecule has 0 saturated carbocycles. The van der Waals surface area contributed by atoms with Gasteiger partial charge in [-0.15, -0.1) is 0 Å². The summed E-state index contributed by atoms with van der Waals surface area (Å²) in [6.07, 6.45) is 1.07. The van der Waals surface area contributed by atoms with E-state index in [2.05, 4.69) is 31.0 Å². The molecule has 60 valence electrons. The van der Waals surface area contributed by atoms with E-state index in [4.69, 9.17) is 0 Å². The molecule has 1 unspecified atom stereocenters. The molecule has 0 radical (unpaired) electrons. The van der Waals surface area contributed by atoms with Crippen LogP contribution in [0.5, 0.6) is 0 Å². The zero-order valence-corrected chi connectivity index (χ0v) is 7.66. The number of thioether (sulfide) groups is 1. The molecule has 0 aromatic carbocycles. The van der Waals surface area contributed by atoms with Crippen LogP contribution in [0.25, 0.3) is 0 Å². The maximum Gasteiger partial charge on any atom is 0.0905 e. The molecule has 2 aliphatic heterocycles. The summed E-state index contributed by atoms with van der Waals surface area (Å²) in [6, 6.07) is 0.502. The van der Waals surface area contributed by atoms with Crippen LogP contribution in [-0.2, 0) is 0 Å². The molecule has 0 saturated heterocycles. The monoisotopic (exact) mass is 168 g/mol. The van der Waals surface area contributed by atoms with Crippen molar-refractivity contribution in [1.82, 2.24) is 10.4 Å². The standard InChI is InChI=1S/C8H12N2S/c1-5-4-7-6(2)9-10(3)8(7)11-5/h6,9H,1,4H2,2-3H3. The number of nitrogens with zero attached hydrogens (tertiary/aromatic N) is 1. The van der Waals surface area contributed by atoms with Gasteiger partial charge in [0.1, 0.15) is 0 Å². The Morgan fingerprint density at radius 3 is 3.09 bits per heavy atom. The highest BCUT2D eigenvalue weighted by molar-refractivity contribution is 8.06. The van der Waals surface area contributed by atoms with Crippen LogP contribution in [0, 0.1) is 0 Å². The fourth-order valence-corrected chi connectivity index (χ4v) is 2.65. The van der Waals surface area contributed by atoms with Crippen molar-refractivity contribution in [3.05, 3.63) is 22.1 Å². The van der Waals surface area contributed by atoms with Gasteiger partial charge in [-0.1, -0.05) is 18.3 Å². The second kappa shape index (κ2) is 2.29. The smallest absolute Gasteiger partial charge is 0.0905 e. The SMILES string of the molecule is C=C1CC2=C(S1)N(C)NC2C. The predicted molar refractivity (Wildman–Crippen MR) is 48.7 cm³/mol. The van der Waals surface area contributed by atoms with E-state index in [1.54, 1.807) is 11.8 Å². The number of nitrogens with one attached hydrogen (secondary N) is 1. The summed E-state index contributed by atoms with van der Waals surface area (Å²) in [5, 5.41) is 3.46. The summed E-state index contributed by atoms with van der Waals surface area (Å²) in [7, 11) is 2.06. The molecule has 0 amide bonds. The maximum absolute atomic E-state index is 3.97. The molecule has 0 aromatic rings. The Bertz CT molecular complexity index is 222. The summed E-state index contributed by atoms with van der Waals surface area (Å²) < 4.78 is 0. The molecule has 1 atom stereocenters. The third-order valence-electron chi connectivity index (χ3n) is 2.12. The third kappa shape index (κ3) is 0.993. The van der Waals surface area contributed by atoms with Crippen LogP contribution < -0.4 is 5.43 Å². The summed E-state index contributed by atoms with van der Waals surface area (Å²) in [5.74, 6) is 0. The average molecular weight is 168 g/mol. The second-order valence-corrected chi connectivity index (χ2v) is 4.23. The molecule has 2 heterocycles. The van der Waals surface area contributed by atoms with E-state index in [1.165, 1.54) is 15.5 Å². The lowest BCUT2D eigenvalue weighted by Gasteiger charge is -2.16. The van der Waals surface area contributed by atoms with E-state index in [0.717, 1.165) is 6.42 Å². The van der Waals surface area contributed by atoms with Crippen LogP contribution in [0.2, 0.25) is 0 Å². The van der Waals surface area contributed by atoms with Crippen LogP contribution in [0.3, 0.4) is 0 Å². The number of hydrogen-bond acceptors (Lipinski definition) is 3. The highest BCUT2D eigenvalue weighted by atomic mass is 32.2. The van der Waals surface area contributed by atoms with Crippen molar-refractivity contribution in [3.8, 4) is 0 Å². The molecule has 3 heteroatoms. The van der Waals surface area contributed by atoms with Crippen LogP contribution in [0.4, 0.5) is 0 Å². The zero-order valence-electron chi connectivity index (χ0n) is 6.85. The van der Waals surface area contributed by atoms with Crippen molar-refractivity contribution in [2.75, 3.05) is 7.05 Å². The minimum absolute atomic E-state index is 0.502. The third-order valence-corrected chi connectivity index (χ3v) is 3.28. The Hall–Kier alpha value is -0.410. The van der Waals surface area contributed by atoms with Gasteiger partial charge in [0.2, 0.25) is 0 Å². The Morgan fingerprint density at radius 2 is 2.45 bits per heavy atom. The zero-order chi connectivity index (χ0) is 8.01. The molecule has 0 aromatic heterocycles. The normalized spacial score (nSPS) is 30.2. The van der Waals surface area contributed by atoms with E-state index < -0.39 is 0 Å². The minimum atomic E-state index is 0.502. The Morgan fingerprint density at radius 1 is 1.73 bits per heavy atom. The molecule has 11 heavy (non-hydrogen) atoms. The fraction of sp³-hybridized carbons (Fsp3) is 0.500. The molecule has 2 nitrogen and oxygen atoms in total. The first-order chi connectivity index (χ1) is 5.18.